The Morgan fingerprint density at radius 2 is 1.81 bits per heavy atom. The Kier molecular flexibility index (Phi) is 6.37. The Bertz CT molecular complexity index is 1620. The normalized spacial score (nSPS) is 13.0. The number of fused-ring (bicyclic) bond motifs is 2. The zero-order valence-corrected chi connectivity index (χ0v) is 19.8. The minimum Gasteiger partial charge on any atom is -0.350 e. The minimum absolute atomic E-state index is 0.00300. The molecule has 0 aliphatic heterocycles. The summed E-state index contributed by atoms with van der Waals surface area (Å²) in [6, 6.07) is 1.87. The quantitative estimate of drug-likeness (QED) is 0.367. The van der Waals surface area contributed by atoms with Crippen LogP contribution >= 0.6 is 0 Å². The molecule has 0 atom stereocenters. The SMILES string of the molecule is CCS(=O)(=O)c1nn2c(C(=O)NCCC(F)(F)F)ccnc2c1-c1nc2cc(C(F)(F)F)cnc2n1C. The summed E-state index contributed by atoms with van der Waals surface area (Å²) in [5.41, 5.74) is -1.98. The van der Waals surface area contributed by atoms with Crippen molar-refractivity contribution in [2.45, 2.75) is 30.7 Å². The largest absolute Gasteiger partial charge is 0.417 e. The Hall–Kier alpha value is -3.76. The number of amides is 1. The van der Waals surface area contributed by atoms with E-state index in [4.69, 9.17) is 0 Å². The highest BCUT2D eigenvalue weighted by atomic mass is 32.2. The van der Waals surface area contributed by atoms with Crippen molar-refractivity contribution in [1.29, 1.82) is 0 Å². The van der Waals surface area contributed by atoms with Crippen LogP contribution in [0.4, 0.5) is 26.3 Å². The van der Waals surface area contributed by atoms with Crippen LogP contribution in [0.5, 0.6) is 0 Å². The van der Waals surface area contributed by atoms with Crippen molar-refractivity contribution in [3.63, 3.8) is 0 Å². The molecule has 0 radical (unpaired) electrons. The maximum atomic E-state index is 13.2. The average molecular weight is 549 g/mol. The molecule has 0 saturated heterocycles. The van der Waals surface area contributed by atoms with Crippen LogP contribution in [-0.4, -0.2) is 61.9 Å². The van der Waals surface area contributed by atoms with Gasteiger partial charge in [0.15, 0.2) is 26.2 Å². The molecule has 4 aromatic rings. The highest BCUT2D eigenvalue weighted by Gasteiger charge is 2.34. The van der Waals surface area contributed by atoms with Crippen LogP contribution < -0.4 is 5.32 Å². The summed E-state index contributed by atoms with van der Waals surface area (Å²) in [6.45, 7) is 0.589. The zero-order valence-electron chi connectivity index (χ0n) is 19.0. The molecule has 0 fully saturated rings. The van der Waals surface area contributed by atoms with Gasteiger partial charge in [-0.1, -0.05) is 6.92 Å². The average Bonchev–Trinajstić information content (AvgIpc) is 3.35. The first kappa shape index (κ1) is 26.3. The predicted octanol–water partition coefficient (Wildman–Crippen LogP) is 3.17. The maximum absolute atomic E-state index is 13.2. The van der Waals surface area contributed by atoms with Gasteiger partial charge in [0.25, 0.3) is 5.91 Å². The van der Waals surface area contributed by atoms with E-state index in [1.54, 1.807) is 0 Å². The summed E-state index contributed by atoms with van der Waals surface area (Å²) < 4.78 is 105. The number of carbonyl (C=O) groups excluding carboxylic acids is 1. The molecular formula is C20H17F6N7O3S. The fourth-order valence-corrected chi connectivity index (χ4v) is 4.48. The highest BCUT2D eigenvalue weighted by molar-refractivity contribution is 7.91. The third-order valence-corrected chi connectivity index (χ3v) is 6.98. The molecule has 0 aliphatic rings. The van der Waals surface area contributed by atoms with Crippen molar-refractivity contribution in [2.75, 3.05) is 12.3 Å². The van der Waals surface area contributed by atoms with Gasteiger partial charge in [-0.3, -0.25) is 4.79 Å². The molecule has 10 nitrogen and oxygen atoms in total. The van der Waals surface area contributed by atoms with E-state index in [1.807, 2.05) is 0 Å². The van der Waals surface area contributed by atoms with Crippen LogP contribution in [0.3, 0.4) is 0 Å². The second kappa shape index (κ2) is 8.97. The summed E-state index contributed by atoms with van der Waals surface area (Å²) in [5.74, 6) is -1.56. The number of rotatable bonds is 6. The first-order chi connectivity index (χ1) is 17.1. The third-order valence-electron chi connectivity index (χ3n) is 5.35. The van der Waals surface area contributed by atoms with Gasteiger partial charge in [0.2, 0.25) is 0 Å². The van der Waals surface area contributed by atoms with Crippen molar-refractivity contribution in [2.24, 2.45) is 7.05 Å². The van der Waals surface area contributed by atoms with Crippen molar-refractivity contribution in [1.82, 2.24) is 34.4 Å². The fraction of sp³-hybridized carbons (Fsp3) is 0.350. The van der Waals surface area contributed by atoms with Gasteiger partial charge >= 0.3 is 12.4 Å². The monoisotopic (exact) mass is 549 g/mol. The molecule has 0 aromatic carbocycles. The van der Waals surface area contributed by atoms with Gasteiger partial charge in [-0.2, -0.15) is 31.4 Å². The van der Waals surface area contributed by atoms with Crippen molar-refractivity contribution >= 4 is 32.6 Å². The Morgan fingerprint density at radius 1 is 1.11 bits per heavy atom. The van der Waals surface area contributed by atoms with Crippen LogP contribution in [-0.2, 0) is 23.1 Å². The fourth-order valence-electron chi connectivity index (χ4n) is 3.51. The number of sulfone groups is 1. The number of hydrogen-bond donors (Lipinski definition) is 1. The van der Waals surface area contributed by atoms with E-state index in [2.05, 4.69) is 25.4 Å². The molecule has 0 spiro atoms. The lowest BCUT2D eigenvalue weighted by molar-refractivity contribution is -0.137. The lowest BCUT2D eigenvalue weighted by atomic mass is 10.2. The summed E-state index contributed by atoms with van der Waals surface area (Å²) >= 11 is 0. The Morgan fingerprint density at radius 3 is 2.43 bits per heavy atom. The molecular weight excluding hydrogens is 532 g/mol. The van der Waals surface area contributed by atoms with Crippen molar-refractivity contribution < 1.29 is 39.6 Å². The molecule has 0 aliphatic carbocycles. The van der Waals surface area contributed by atoms with Gasteiger partial charge in [-0.25, -0.2) is 27.9 Å². The van der Waals surface area contributed by atoms with Crippen LogP contribution in [0.2, 0.25) is 0 Å². The number of carbonyl (C=O) groups is 1. The van der Waals surface area contributed by atoms with Crippen molar-refractivity contribution in [3.05, 3.63) is 35.8 Å². The topological polar surface area (TPSA) is 124 Å². The first-order valence-electron chi connectivity index (χ1n) is 10.5. The predicted molar refractivity (Wildman–Crippen MR) is 116 cm³/mol. The molecule has 0 saturated carbocycles. The molecule has 1 amide bonds. The molecule has 37 heavy (non-hydrogen) atoms. The number of nitrogens with one attached hydrogen (secondary N) is 1. The molecule has 0 unspecified atom stereocenters. The lowest BCUT2D eigenvalue weighted by Crippen LogP contribution is -2.29. The van der Waals surface area contributed by atoms with E-state index in [9.17, 15) is 39.6 Å². The first-order valence-corrected chi connectivity index (χ1v) is 12.1. The molecule has 17 heteroatoms. The molecule has 1 N–H and O–H groups in total. The summed E-state index contributed by atoms with van der Waals surface area (Å²) in [6.07, 6.45) is -8.78. The van der Waals surface area contributed by atoms with Crippen LogP contribution in [0.15, 0.2) is 29.6 Å². The van der Waals surface area contributed by atoms with E-state index < -0.39 is 57.4 Å². The van der Waals surface area contributed by atoms with E-state index >= 15 is 0 Å². The number of pyridine rings is 1. The Labute approximate surface area is 204 Å². The summed E-state index contributed by atoms with van der Waals surface area (Å²) in [5, 5.41) is 5.53. The van der Waals surface area contributed by atoms with E-state index in [0.29, 0.717) is 6.20 Å². The Balaban J connectivity index is 1.92. The summed E-state index contributed by atoms with van der Waals surface area (Å²) in [7, 11) is -2.72. The molecule has 4 aromatic heterocycles. The smallest absolute Gasteiger partial charge is 0.350 e. The zero-order chi connectivity index (χ0) is 27.3. The number of halogens is 6. The standard InChI is InChI=1S/C20H17F6N7O3S/c1-3-37(35,36)18-13(16-30-11-8-10(20(24,25)26)9-29-14(11)32(16)2)15-27-6-4-12(33(15)31-18)17(34)28-7-5-19(21,22)23/h4,6,8-9H,3,5,7H2,1-2H3,(H,28,34). The number of nitrogens with zero attached hydrogens (tertiary/aromatic N) is 6. The summed E-state index contributed by atoms with van der Waals surface area (Å²) in [4.78, 5) is 24.6. The second-order valence-corrected chi connectivity index (χ2v) is 10.0. The van der Waals surface area contributed by atoms with E-state index in [0.717, 1.165) is 22.8 Å². The van der Waals surface area contributed by atoms with Gasteiger partial charge in [0.05, 0.1) is 17.7 Å². The molecule has 4 heterocycles. The number of alkyl halides is 6. The minimum atomic E-state index is -4.70. The van der Waals surface area contributed by atoms with Gasteiger partial charge in [-0.05, 0) is 12.1 Å². The van der Waals surface area contributed by atoms with Crippen molar-refractivity contribution in [3.8, 4) is 11.4 Å². The van der Waals surface area contributed by atoms with Gasteiger partial charge in [-0.15, -0.1) is 0 Å². The lowest BCUT2D eigenvalue weighted by Gasteiger charge is -2.08. The van der Waals surface area contributed by atoms with Gasteiger partial charge in [0, 0.05) is 26.0 Å². The van der Waals surface area contributed by atoms with Crippen LogP contribution in [0.1, 0.15) is 29.4 Å². The molecule has 4 rings (SSSR count). The van der Waals surface area contributed by atoms with E-state index in [-0.39, 0.29) is 33.9 Å². The van der Waals surface area contributed by atoms with Gasteiger partial charge in [0.1, 0.15) is 22.6 Å². The second-order valence-electron chi connectivity index (χ2n) is 7.83. The number of hydrogen-bond acceptors (Lipinski definition) is 7. The van der Waals surface area contributed by atoms with Crippen LogP contribution in [0.25, 0.3) is 28.2 Å². The number of aryl methyl sites for hydroxylation is 1. The number of aromatic nitrogens is 6. The highest BCUT2D eigenvalue weighted by Crippen LogP contribution is 2.35. The van der Waals surface area contributed by atoms with Gasteiger partial charge < -0.3 is 9.88 Å². The van der Waals surface area contributed by atoms with Crippen LogP contribution in [0, 0.1) is 0 Å². The van der Waals surface area contributed by atoms with E-state index in [1.165, 1.54) is 18.5 Å². The number of imidazole rings is 1. The maximum Gasteiger partial charge on any atom is 0.417 e. The molecule has 0 bridgehead atoms. The third kappa shape index (κ3) is 4.94. The molecule has 198 valence electrons.